The van der Waals surface area contributed by atoms with Crippen molar-refractivity contribution in [3.8, 4) is 0 Å². The molecule has 0 amide bonds. The van der Waals surface area contributed by atoms with E-state index in [9.17, 15) is 0 Å². The van der Waals surface area contributed by atoms with E-state index in [-0.39, 0.29) is 46.7 Å². The number of hydrogen-bond acceptors (Lipinski definition) is 0. The molecule has 1 atom stereocenters. The van der Waals surface area contributed by atoms with Gasteiger partial charge < -0.3 is 37.2 Å². The van der Waals surface area contributed by atoms with E-state index in [0.29, 0.717) is 0 Å². The summed E-state index contributed by atoms with van der Waals surface area (Å²) in [5, 5.41) is 1.60. The summed E-state index contributed by atoms with van der Waals surface area (Å²) >= 11 is 2.35. The molecule has 0 saturated carbocycles. The Morgan fingerprint density at radius 3 is 2.10 bits per heavy atom. The second-order valence-electron chi connectivity index (χ2n) is 5.18. The molecule has 0 saturated heterocycles. The molecule has 1 aromatic rings. The van der Waals surface area contributed by atoms with Crippen LogP contribution in [0.3, 0.4) is 0 Å². The first-order valence-corrected chi connectivity index (χ1v) is 9.11. The van der Waals surface area contributed by atoms with Crippen molar-refractivity contribution in [1.82, 2.24) is 0 Å². The third-order valence-electron chi connectivity index (χ3n) is 4.02. The Labute approximate surface area is 161 Å². The van der Waals surface area contributed by atoms with Crippen LogP contribution in [-0.4, -0.2) is 9.52 Å². The predicted octanol–water partition coefficient (Wildman–Crippen LogP) is -5.77. The van der Waals surface area contributed by atoms with E-state index in [1.165, 1.54) is 12.8 Å². The third-order valence-corrected chi connectivity index (χ3v) is 8.04. The van der Waals surface area contributed by atoms with Gasteiger partial charge in [-0.05, 0) is 0 Å². The fourth-order valence-corrected chi connectivity index (χ4v) is 6.17. The van der Waals surface area contributed by atoms with Crippen LogP contribution in [-0.2, 0) is 20.4 Å². The SMILES string of the molecule is CCCC1=C(C)C(C)=[C]([Ti+3])C1[SiH2]c1ccccc1.[Cl-].[Cl-].[Cl-]. The summed E-state index contributed by atoms with van der Waals surface area (Å²) in [5.41, 5.74) is 5.67. The summed E-state index contributed by atoms with van der Waals surface area (Å²) in [6.45, 7) is 6.92. The van der Waals surface area contributed by atoms with Gasteiger partial charge in [-0.3, -0.25) is 0 Å². The second kappa shape index (κ2) is 11.1. The van der Waals surface area contributed by atoms with E-state index in [0.717, 1.165) is 5.54 Å². The van der Waals surface area contributed by atoms with Gasteiger partial charge in [0.15, 0.2) is 0 Å². The van der Waals surface area contributed by atoms with Gasteiger partial charge in [0.2, 0.25) is 0 Å². The van der Waals surface area contributed by atoms with Gasteiger partial charge >= 0.3 is 125 Å². The van der Waals surface area contributed by atoms with E-state index in [2.05, 4.69) is 71.5 Å². The molecule has 0 N–H and O–H groups in total. The first kappa shape index (κ1) is 23.8. The van der Waals surface area contributed by atoms with Crippen LogP contribution in [0.15, 0.2) is 50.9 Å². The number of allylic oxidation sites excluding steroid dienone is 4. The Morgan fingerprint density at radius 1 is 1.00 bits per heavy atom. The minimum absolute atomic E-state index is 0. The van der Waals surface area contributed by atoms with Crippen molar-refractivity contribution >= 4 is 14.7 Å². The number of halogens is 3. The van der Waals surface area contributed by atoms with Crippen LogP contribution in [0.2, 0.25) is 5.54 Å². The zero-order chi connectivity index (χ0) is 13.1. The minimum Gasteiger partial charge on any atom is -1.00 e. The maximum Gasteiger partial charge on any atom is -1.00 e. The summed E-state index contributed by atoms with van der Waals surface area (Å²) in [7, 11) is -0.230. The fraction of sp³-hybridized carbons (Fsp3) is 0.375. The molecule has 0 spiro atoms. The Hall–Kier alpha value is 0.501. The Morgan fingerprint density at radius 2 is 1.57 bits per heavy atom. The van der Waals surface area contributed by atoms with Crippen molar-refractivity contribution in [3.05, 3.63) is 50.9 Å². The summed E-state index contributed by atoms with van der Waals surface area (Å²) in [6, 6.07) is 11.1. The maximum absolute atomic E-state index is 2.35. The van der Waals surface area contributed by atoms with E-state index >= 15 is 0 Å². The van der Waals surface area contributed by atoms with Crippen LogP contribution in [0.1, 0.15) is 33.6 Å². The molecule has 0 nitrogen and oxygen atoms in total. The monoisotopic (exact) mass is 394 g/mol. The largest absolute Gasteiger partial charge is 1.00 e. The van der Waals surface area contributed by atoms with Crippen LogP contribution < -0.4 is 42.4 Å². The van der Waals surface area contributed by atoms with Gasteiger partial charge in [0.05, 0.1) is 0 Å². The first-order chi connectivity index (χ1) is 8.65. The van der Waals surface area contributed by atoms with Gasteiger partial charge in [-0.15, -0.1) is 0 Å². The predicted molar refractivity (Wildman–Crippen MR) is 78.7 cm³/mol. The first-order valence-electron chi connectivity index (χ1n) is 6.81. The average molecular weight is 396 g/mol. The summed E-state index contributed by atoms with van der Waals surface area (Å²) in [4.78, 5) is 0. The van der Waals surface area contributed by atoms with Crippen molar-refractivity contribution in [2.45, 2.75) is 39.2 Å². The van der Waals surface area contributed by atoms with Crippen LogP contribution in [0, 0.1) is 0 Å². The van der Waals surface area contributed by atoms with E-state index < -0.39 is 0 Å². The molecule has 0 aliphatic heterocycles. The molecule has 21 heavy (non-hydrogen) atoms. The molecule has 0 radical (unpaired) electrons. The van der Waals surface area contributed by atoms with E-state index in [1.807, 2.05) is 0 Å². The van der Waals surface area contributed by atoms with Gasteiger partial charge in [-0.2, -0.15) is 0 Å². The number of benzene rings is 1. The Balaban J connectivity index is 0. The molecule has 1 aliphatic rings. The number of hydrogen-bond donors (Lipinski definition) is 0. The topological polar surface area (TPSA) is 0 Å². The molecule has 0 bridgehead atoms. The van der Waals surface area contributed by atoms with Crippen LogP contribution in [0.25, 0.3) is 0 Å². The van der Waals surface area contributed by atoms with Crippen molar-refractivity contribution in [3.63, 3.8) is 0 Å². The third kappa shape index (κ3) is 5.57. The molecule has 0 aromatic heterocycles. The zero-order valence-electron chi connectivity index (χ0n) is 12.7. The standard InChI is InChI=1S/C16H21Si.3ClH.Ti/c1-4-8-15-13(3)12(2)11-16(15)17-14-9-6-5-7-10-14;;;;/h5-7,9-10,16H,4,8,17H2,1-3H3;3*1H;/q;;;;+3/p-3. The normalized spacial score (nSPS) is 17.7. The van der Waals surface area contributed by atoms with Gasteiger partial charge in [0.1, 0.15) is 0 Å². The molecular weight excluding hydrogens is 374 g/mol. The summed E-state index contributed by atoms with van der Waals surface area (Å²) < 4.78 is 1.64. The fourth-order valence-electron chi connectivity index (χ4n) is 2.85. The average Bonchev–Trinajstić information content (AvgIpc) is 2.58. The molecular formula is C16H21Cl3SiTi. The molecule has 2 rings (SSSR count). The molecule has 0 heterocycles. The van der Waals surface area contributed by atoms with Crippen molar-refractivity contribution in [1.29, 1.82) is 0 Å². The van der Waals surface area contributed by atoms with Crippen molar-refractivity contribution < 1.29 is 57.7 Å². The molecule has 114 valence electrons. The van der Waals surface area contributed by atoms with Crippen molar-refractivity contribution in [2.75, 3.05) is 0 Å². The summed E-state index contributed by atoms with van der Waals surface area (Å²) in [6.07, 6.45) is 2.55. The minimum atomic E-state index is -0.230. The van der Waals surface area contributed by atoms with E-state index in [1.54, 1.807) is 25.8 Å². The van der Waals surface area contributed by atoms with Crippen LogP contribution >= 0.6 is 0 Å². The second-order valence-corrected chi connectivity index (χ2v) is 8.06. The molecule has 1 aliphatic carbocycles. The summed E-state index contributed by atoms with van der Waals surface area (Å²) in [5.74, 6) is 0. The van der Waals surface area contributed by atoms with E-state index in [4.69, 9.17) is 0 Å². The Kier molecular flexibility index (Phi) is 12.6. The quantitative estimate of drug-likeness (QED) is 0.446. The van der Waals surface area contributed by atoms with Gasteiger partial charge in [-0.25, -0.2) is 0 Å². The maximum atomic E-state index is 2.35. The van der Waals surface area contributed by atoms with Crippen LogP contribution in [0.5, 0.6) is 0 Å². The van der Waals surface area contributed by atoms with Gasteiger partial charge in [0.25, 0.3) is 0 Å². The molecule has 1 aromatic carbocycles. The molecule has 1 unspecified atom stereocenters. The zero-order valence-corrected chi connectivity index (χ0v) is 18.0. The smallest absolute Gasteiger partial charge is 1.00 e. The van der Waals surface area contributed by atoms with Gasteiger partial charge in [0, 0.05) is 0 Å². The molecule has 0 fully saturated rings. The van der Waals surface area contributed by atoms with Crippen molar-refractivity contribution in [2.24, 2.45) is 0 Å². The number of rotatable bonds is 4. The molecule has 5 heteroatoms. The Bertz CT molecular complexity index is 498. The van der Waals surface area contributed by atoms with Gasteiger partial charge in [-0.1, -0.05) is 0 Å². The van der Waals surface area contributed by atoms with Crippen LogP contribution in [0.4, 0.5) is 0 Å².